The van der Waals surface area contributed by atoms with Crippen LogP contribution in [0.1, 0.15) is 61.8 Å². The van der Waals surface area contributed by atoms with Gasteiger partial charge in [0.25, 0.3) is 0 Å². The van der Waals surface area contributed by atoms with Gasteiger partial charge in [0.15, 0.2) is 0 Å². The lowest BCUT2D eigenvalue weighted by Gasteiger charge is -2.23. The Morgan fingerprint density at radius 2 is 0.800 bits per heavy atom. The molecule has 0 bridgehead atoms. The number of phosphoric ester groups is 2. The number of phosphoric acid groups is 2. The highest BCUT2D eigenvalue weighted by Crippen LogP contribution is 2.53. The zero-order valence-corrected chi connectivity index (χ0v) is 18.4. The summed E-state index contributed by atoms with van der Waals surface area (Å²) in [7, 11) is -7.29. The van der Waals surface area contributed by atoms with Gasteiger partial charge < -0.3 is 0 Å². The van der Waals surface area contributed by atoms with Gasteiger partial charge in [-0.15, -0.1) is 0 Å². The third-order valence-corrected chi connectivity index (χ3v) is 5.86. The molecule has 0 aliphatic rings. The van der Waals surface area contributed by atoms with Crippen LogP contribution in [0.15, 0.2) is 0 Å². The molecule has 8 nitrogen and oxygen atoms in total. The van der Waals surface area contributed by atoms with Crippen LogP contribution in [-0.2, 0) is 36.3 Å². The number of rotatable bonds is 14. The molecule has 10 heteroatoms. The van der Waals surface area contributed by atoms with E-state index < -0.39 is 15.6 Å². The van der Waals surface area contributed by atoms with Gasteiger partial charge in [-0.3, -0.25) is 27.1 Å². The van der Waals surface area contributed by atoms with E-state index in [-0.39, 0.29) is 37.6 Å². The van der Waals surface area contributed by atoms with Crippen LogP contribution in [0.4, 0.5) is 0 Å². The maximum absolute atomic E-state index is 12.5. The summed E-state index contributed by atoms with van der Waals surface area (Å²) < 4.78 is 56.6. The molecule has 0 heterocycles. The second-order valence-electron chi connectivity index (χ2n) is 6.53. The van der Waals surface area contributed by atoms with Gasteiger partial charge in [-0.2, -0.15) is 0 Å². The molecule has 0 atom stereocenters. The molecule has 0 unspecified atom stereocenters. The van der Waals surface area contributed by atoms with E-state index in [0.29, 0.717) is 6.42 Å². The summed E-state index contributed by atoms with van der Waals surface area (Å²) in [5.41, 5.74) is 0. The maximum Gasteiger partial charge on any atom is 0.475 e. The van der Waals surface area contributed by atoms with Crippen LogP contribution in [0.25, 0.3) is 0 Å². The van der Waals surface area contributed by atoms with Gasteiger partial charge in [-0.25, -0.2) is 9.13 Å². The second kappa shape index (κ2) is 11.8. The summed E-state index contributed by atoms with van der Waals surface area (Å²) in [5.74, 6) is 0. The van der Waals surface area contributed by atoms with E-state index in [1.165, 1.54) is 0 Å². The van der Waals surface area contributed by atoms with Crippen molar-refractivity contribution in [3.05, 3.63) is 0 Å². The van der Waals surface area contributed by atoms with Gasteiger partial charge in [-0.05, 0) is 61.8 Å². The Morgan fingerprint density at radius 1 is 0.560 bits per heavy atom. The van der Waals surface area contributed by atoms with E-state index >= 15 is 0 Å². The van der Waals surface area contributed by atoms with E-state index in [1.807, 2.05) is 0 Å². The molecule has 0 saturated heterocycles. The summed E-state index contributed by atoms with van der Waals surface area (Å²) in [6.45, 7) is 14.0. The summed E-state index contributed by atoms with van der Waals surface area (Å²) in [6.07, 6.45) is -0.903. The smallest absolute Gasteiger partial charge is 0.287 e. The van der Waals surface area contributed by atoms with Crippen LogP contribution in [0.2, 0.25) is 0 Å². The van der Waals surface area contributed by atoms with Gasteiger partial charge >= 0.3 is 15.6 Å². The Hall–Kier alpha value is 0.220. The molecule has 0 radical (unpaired) electrons. The first-order valence-corrected chi connectivity index (χ1v) is 11.5. The standard InChI is InChI=1S/C15H34O8P2/c1-12(2)20-24(16,21-13(3)4)18-10-9-11-19-25(17,22-14(5)6)23-15(7)8/h12-15H,9-11H2,1-8H3. The average Bonchev–Trinajstić information content (AvgIpc) is 2.33. The molecule has 0 aliphatic heterocycles. The molecular weight excluding hydrogens is 370 g/mol. The molecule has 0 aromatic heterocycles. The van der Waals surface area contributed by atoms with E-state index in [0.717, 1.165) is 0 Å². The van der Waals surface area contributed by atoms with Crippen LogP contribution in [0, 0.1) is 0 Å². The van der Waals surface area contributed by atoms with Crippen molar-refractivity contribution in [3.63, 3.8) is 0 Å². The zero-order chi connectivity index (χ0) is 19.7. The molecule has 0 amide bonds. The largest absolute Gasteiger partial charge is 0.475 e. The predicted octanol–water partition coefficient (Wildman–Crippen LogP) is 5.33. The monoisotopic (exact) mass is 404 g/mol. The molecule has 0 N–H and O–H groups in total. The van der Waals surface area contributed by atoms with Crippen molar-refractivity contribution in [2.45, 2.75) is 86.2 Å². The predicted molar refractivity (Wildman–Crippen MR) is 96.6 cm³/mol. The molecule has 0 spiro atoms. The minimum atomic E-state index is -3.64. The van der Waals surface area contributed by atoms with E-state index in [9.17, 15) is 9.13 Å². The van der Waals surface area contributed by atoms with Gasteiger partial charge in [-0.1, -0.05) is 0 Å². The third kappa shape index (κ3) is 13.1. The molecule has 0 aromatic rings. The van der Waals surface area contributed by atoms with Gasteiger partial charge in [0.2, 0.25) is 0 Å². The van der Waals surface area contributed by atoms with Crippen LogP contribution < -0.4 is 0 Å². The van der Waals surface area contributed by atoms with Crippen molar-refractivity contribution < 1.29 is 36.3 Å². The highest BCUT2D eigenvalue weighted by molar-refractivity contribution is 7.48. The van der Waals surface area contributed by atoms with Crippen LogP contribution in [0.3, 0.4) is 0 Å². The van der Waals surface area contributed by atoms with Crippen LogP contribution in [-0.4, -0.2) is 37.6 Å². The Balaban J connectivity index is 4.47. The second-order valence-corrected chi connectivity index (χ2v) is 9.68. The van der Waals surface area contributed by atoms with Crippen molar-refractivity contribution in [2.24, 2.45) is 0 Å². The molecule has 0 fully saturated rings. The fraction of sp³-hybridized carbons (Fsp3) is 1.00. The highest BCUT2D eigenvalue weighted by Gasteiger charge is 2.31. The fourth-order valence-corrected chi connectivity index (χ4v) is 4.73. The highest BCUT2D eigenvalue weighted by atomic mass is 31.2. The van der Waals surface area contributed by atoms with Crippen molar-refractivity contribution in [2.75, 3.05) is 13.2 Å². The lowest BCUT2D eigenvalue weighted by atomic mass is 10.5. The minimum Gasteiger partial charge on any atom is -0.287 e. The lowest BCUT2D eigenvalue weighted by molar-refractivity contribution is 0.0586. The third-order valence-electron chi connectivity index (χ3n) is 2.15. The summed E-state index contributed by atoms with van der Waals surface area (Å²) in [5, 5.41) is 0. The first-order valence-electron chi connectivity index (χ1n) is 8.60. The van der Waals surface area contributed by atoms with Crippen molar-refractivity contribution in [3.8, 4) is 0 Å². The quantitative estimate of drug-likeness (QED) is 0.284. The molecule has 152 valence electrons. The first-order chi connectivity index (χ1) is 11.4. The van der Waals surface area contributed by atoms with Gasteiger partial charge in [0.1, 0.15) is 0 Å². The van der Waals surface area contributed by atoms with Gasteiger partial charge in [0, 0.05) is 0 Å². The fourth-order valence-electron chi connectivity index (χ4n) is 1.62. The molecule has 0 saturated carbocycles. The Labute approximate surface area is 152 Å². The van der Waals surface area contributed by atoms with Gasteiger partial charge in [0.05, 0.1) is 37.6 Å². The molecule has 0 rings (SSSR count). The first kappa shape index (κ1) is 25.2. The molecule has 0 aromatic carbocycles. The van der Waals surface area contributed by atoms with Crippen molar-refractivity contribution >= 4 is 15.6 Å². The van der Waals surface area contributed by atoms with Crippen LogP contribution in [0.5, 0.6) is 0 Å². The zero-order valence-electron chi connectivity index (χ0n) is 16.6. The summed E-state index contributed by atoms with van der Waals surface area (Å²) >= 11 is 0. The summed E-state index contributed by atoms with van der Waals surface area (Å²) in [6, 6.07) is 0. The van der Waals surface area contributed by atoms with E-state index in [4.69, 9.17) is 27.1 Å². The minimum absolute atomic E-state index is 0.0556. The van der Waals surface area contributed by atoms with E-state index in [1.54, 1.807) is 55.4 Å². The SMILES string of the molecule is CC(C)OP(=O)(OCCCOP(=O)(OC(C)C)OC(C)C)OC(C)C. The number of hydrogen-bond acceptors (Lipinski definition) is 8. The number of hydrogen-bond donors (Lipinski definition) is 0. The Bertz CT molecular complexity index is 383. The molecule has 25 heavy (non-hydrogen) atoms. The normalized spacial score (nSPS) is 13.6. The molecule has 0 aliphatic carbocycles. The van der Waals surface area contributed by atoms with Crippen molar-refractivity contribution in [1.29, 1.82) is 0 Å². The van der Waals surface area contributed by atoms with E-state index in [2.05, 4.69) is 0 Å². The average molecular weight is 404 g/mol. The lowest BCUT2D eigenvalue weighted by Crippen LogP contribution is -2.12. The molecular formula is C15H34O8P2. The summed E-state index contributed by atoms with van der Waals surface area (Å²) in [4.78, 5) is 0. The van der Waals surface area contributed by atoms with Crippen LogP contribution >= 0.6 is 15.6 Å². The Morgan fingerprint density at radius 3 is 1.00 bits per heavy atom. The van der Waals surface area contributed by atoms with Crippen molar-refractivity contribution in [1.82, 2.24) is 0 Å². The maximum atomic E-state index is 12.5. The Kier molecular flexibility index (Phi) is 11.9. The topological polar surface area (TPSA) is 89.5 Å².